The Morgan fingerprint density at radius 2 is 1.97 bits per heavy atom. The number of nitrogens with zero attached hydrogens (tertiary/aromatic N) is 4. The van der Waals surface area contributed by atoms with Gasteiger partial charge in [-0.25, -0.2) is 4.98 Å². The Morgan fingerprint density at radius 3 is 2.61 bits per heavy atom. The number of methoxy groups -OCH3 is 1. The van der Waals surface area contributed by atoms with Gasteiger partial charge in [0.2, 0.25) is 11.9 Å². The van der Waals surface area contributed by atoms with Gasteiger partial charge in [-0.3, -0.25) is 9.69 Å². The zero-order valence-electron chi connectivity index (χ0n) is 18.2. The number of carbonyl (C=O) groups excluding carboxylic acids is 1. The van der Waals surface area contributed by atoms with Gasteiger partial charge in [-0.15, -0.1) is 0 Å². The van der Waals surface area contributed by atoms with Crippen molar-refractivity contribution in [3.05, 3.63) is 34.5 Å². The van der Waals surface area contributed by atoms with Crippen LogP contribution in [0.15, 0.2) is 18.3 Å². The number of fused-ring (bicyclic) bond motifs is 1. The molecule has 0 radical (unpaired) electrons. The van der Waals surface area contributed by atoms with Crippen LogP contribution < -0.4 is 15.4 Å². The number of hydrogen-bond acceptors (Lipinski definition) is 7. The first-order valence-corrected chi connectivity index (χ1v) is 11.0. The van der Waals surface area contributed by atoms with Crippen molar-refractivity contribution >= 4 is 35.0 Å². The number of amides is 1. The highest BCUT2D eigenvalue weighted by atomic mass is 35.5. The molecule has 1 amide bonds. The monoisotopic (exact) mass is 444 g/mol. The highest BCUT2D eigenvalue weighted by Gasteiger charge is 2.23. The molecule has 1 aromatic carbocycles. The fraction of sp³-hybridized carbons (Fsp3) is 0.500. The number of halogens is 1. The molecule has 1 saturated carbocycles. The largest absolute Gasteiger partial charge is 0.495 e. The summed E-state index contributed by atoms with van der Waals surface area (Å²) in [5.41, 5.74) is 3.31. The standard InChI is InChI=1S/C22H29ClN6O2/c1-28(2)20(30)13-29-8-6-14-10-18(19(31-3)11-15(14)7-9-29)26-22-24-12-17(23)21(27-22)25-16-4-5-16/h10-12,16H,4-9,13H2,1-3H3,(H2,24,25,26,27). The topological polar surface area (TPSA) is 82.6 Å². The summed E-state index contributed by atoms with van der Waals surface area (Å²) >= 11 is 6.24. The second-order valence-corrected chi connectivity index (χ2v) is 8.73. The number of nitrogens with one attached hydrogen (secondary N) is 2. The molecule has 0 saturated heterocycles. The van der Waals surface area contributed by atoms with Crippen LogP contribution in [0.2, 0.25) is 5.02 Å². The predicted molar refractivity (Wildman–Crippen MR) is 123 cm³/mol. The maximum atomic E-state index is 12.1. The lowest BCUT2D eigenvalue weighted by Crippen LogP contribution is -2.37. The first-order chi connectivity index (χ1) is 14.9. The quantitative estimate of drug-likeness (QED) is 0.679. The zero-order valence-corrected chi connectivity index (χ0v) is 19.0. The summed E-state index contributed by atoms with van der Waals surface area (Å²) in [6.07, 6.45) is 5.62. The Bertz CT molecular complexity index is 963. The molecule has 8 nitrogen and oxygen atoms in total. The van der Waals surface area contributed by atoms with Crippen LogP contribution in [0.4, 0.5) is 17.5 Å². The molecule has 9 heteroatoms. The third-order valence-corrected chi connectivity index (χ3v) is 5.96. The maximum Gasteiger partial charge on any atom is 0.236 e. The number of likely N-dealkylation sites (N-methyl/N-ethyl adjacent to an activating group) is 1. The lowest BCUT2D eigenvalue weighted by Gasteiger charge is -2.21. The lowest BCUT2D eigenvalue weighted by atomic mass is 10.0. The average Bonchev–Trinajstić information content (AvgIpc) is 3.58. The molecule has 1 aromatic heterocycles. The van der Waals surface area contributed by atoms with Crippen molar-refractivity contribution < 1.29 is 9.53 Å². The summed E-state index contributed by atoms with van der Waals surface area (Å²) in [5.74, 6) is 1.99. The molecule has 0 atom stereocenters. The maximum absolute atomic E-state index is 12.1. The summed E-state index contributed by atoms with van der Waals surface area (Å²) in [5, 5.41) is 7.14. The zero-order chi connectivity index (χ0) is 22.0. The van der Waals surface area contributed by atoms with Crippen molar-refractivity contribution in [1.29, 1.82) is 0 Å². The van der Waals surface area contributed by atoms with Gasteiger partial charge in [-0.2, -0.15) is 4.98 Å². The van der Waals surface area contributed by atoms with Gasteiger partial charge in [0, 0.05) is 33.2 Å². The smallest absolute Gasteiger partial charge is 0.236 e. The van der Waals surface area contributed by atoms with E-state index in [4.69, 9.17) is 16.3 Å². The Morgan fingerprint density at radius 1 is 1.26 bits per heavy atom. The number of rotatable bonds is 7. The van der Waals surface area contributed by atoms with E-state index in [9.17, 15) is 4.79 Å². The van der Waals surface area contributed by atoms with E-state index >= 15 is 0 Å². The third-order valence-electron chi connectivity index (χ3n) is 5.68. The minimum Gasteiger partial charge on any atom is -0.495 e. The second kappa shape index (κ2) is 9.28. The van der Waals surface area contributed by atoms with E-state index in [1.54, 1.807) is 32.3 Å². The molecule has 1 aliphatic heterocycles. The summed E-state index contributed by atoms with van der Waals surface area (Å²) in [4.78, 5) is 24.8. The Hall–Kier alpha value is -2.58. The van der Waals surface area contributed by atoms with Gasteiger partial charge in [0.1, 0.15) is 10.8 Å². The van der Waals surface area contributed by atoms with Crippen molar-refractivity contribution in [2.75, 3.05) is 51.5 Å². The van der Waals surface area contributed by atoms with Crippen LogP contribution in [0.3, 0.4) is 0 Å². The fourth-order valence-corrected chi connectivity index (χ4v) is 3.77. The van der Waals surface area contributed by atoms with Crippen molar-refractivity contribution in [2.45, 2.75) is 31.7 Å². The molecular formula is C22H29ClN6O2. The van der Waals surface area contributed by atoms with Crippen LogP contribution in [-0.2, 0) is 17.6 Å². The average molecular weight is 445 g/mol. The van der Waals surface area contributed by atoms with Crippen LogP contribution in [0.25, 0.3) is 0 Å². The highest BCUT2D eigenvalue weighted by molar-refractivity contribution is 6.32. The molecule has 2 heterocycles. The van der Waals surface area contributed by atoms with E-state index in [0.29, 0.717) is 29.4 Å². The Labute approximate surface area is 187 Å². The van der Waals surface area contributed by atoms with Gasteiger partial charge in [0.15, 0.2) is 5.82 Å². The molecule has 0 spiro atoms. The van der Waals surface area contributed by atoms with Crippen LogP contribution in [-0.4, -0.2) is 72.6 Å². The SMILES string of the molecule is COc1cc2c(cc1Nc1ncc(Cl)c(NC3CC3)n1)CCN(CC(=O)N(C)C)CC2. The first kappa shape index (κ1) is 21.6. The third kappa shape index (κ3) is 5.37. The van der Waals surface area contributed by atoms with E-state index in [1.165, 1.54) is 11.1 Å². The van der Waals surface area contributed by atoms with Gasteiger partial charge >= 0.3 is 0 Å². The van der Waals surface area contributed by atoms with Crippen LogP contribution in [0, 0.1) is 0 Å². The molecule has 1 aliphatic carbocycles. The minimum atomic E-state index is 0.126. The van der Waals surface area contributed by atoms with E-state index in [2.05, 4.69) is 37.6 Å². The fourth-order valence-electron chi connectivity index (χ4n) is 3.63. The van der Waals surface area contributed by atoms with Crippen molar-refractivity contribution in [1.82, 2.24) is 19.8 Å². The highest BCUT2D eigenvalue weighted by Crippen LogP contribution is 2.33. The minimum absolute atomic E-state index is 0.126. The summed E-state index contributed by atoms with van der Waals surface area (Å²) in [6, 6.07) is 4.63. The van der Waals surface area contributed by atoms with Crippen molar-refractivity contribution in [2.24, 2.45) is 0 Å². The van der Waals surface area contributed by atoms with E-state index in [-0.39, 0.29) is 5.91 Å². The molecule has 2 N–H and O–H groups in total. The van der Waals surface area contributed by atoms with Crippen LogP contribution in [0.5, 0.6) is 5.75 Å². The molecule has 166 valence electrons. The molecule has 1 fully saturated rings. The predicted octanol–water partition coefficient (Wildman–Crippen LogP) is 2.95. The molecule has 2 aliphatic rings. The van der Waals surface area contributed by atoms with Crippen LogP contribution >= 0.6 is 11.6 Å². The Balaban J connectivity index is 1.51. The van der Waals surface area contributed by atoms with E-state index < -0.39 is 0 Å². The van der Waals surface area contributed by atoms with Gasteiger partial charge in [-0.05, 0) is 48.9 Å². The number of anilines is 3. The second-order valence-electron chi connectivity index (χ2n) is 8.32. The molecule has 4 rings (SSSR count). The molecule has 0 bridgehead atoms. The lowest BCUT2D eigenvalue weighted by molar-refractivity contribution is -0.129. The summed E-state index contributed by atoms with van der Waals surface area (Å²) < 4.78 is 5.64. The summed E-state index contributed by atoms with van der Waals surface area (Å²) in [6.45, 7) is 2.13. The van der Waals surface area contributed by atoms with Crippen molar-refractivity contribution in [3.63, 3.8) is 0 Å². The molecule has 0 unspecified atom stereocenters. The van der Waals surface area contributed by atoms with Crippen molar-refractivity contribution in [3.8, 4) is 5.75 Å². The van der Waals surface area contributed by atoms with Crippen LogP contribution in [0.1, 0.15) is 24.0 Å². The number of carbonyl (C=O) groups is 1. The normalized spacial score (nSPS) is 16.3. The molecule has 2 aromatic rings. The number of hydrogen-bond donors (Lipinski definition) is 2. The van der Waals surface area contributed by atoms with Gasteiger partial charge < -0.3 is 20.3 Å². The molecule has 31 heavy (non-hydrogen) atoms. The number of aromatic nitrogens is 2. The molecular weight excluding hydrogens is 416 g/mol. The Kier molecular flexibility index (Phi) is 6.48. The van der Waals surface area contributed by atoms with Gasteiger partial charge in [-0.1, -0.05) is 11.6 Å². The number of ether oxygens (including phenoxy) is 1. The van der Waals surface area contributed by atoms with E-state index in [1.807, 2.05) is 0 Å². The summed E-state index contributed by atoms with van der Waals surface area (Å²) in [7, 11) is 5.25. The number of benzene rings is 1. The first-order valence-electron chi connectivity index (χ1n) is 10.6. The van der Waals surface area contributed by atoms with Gasteiger partial charge in [0.05, 0.1) is 25.5 Å². The van der Waals surface area contributed by atoms with Gasteiger partial charge in [0.25, 0.3) is 0 Å². The van der Waals surface area contributed by atoms with E-state index in [0.717, 1.165) is 50.2 Å².